The molecule has 0 aliphatic heterocycles. The van der Waals surface area contributed by atoms with E-state index in [1.54, 1.807) is 26.3 Å². The average Bonchev–Trinajstić information content (AvgIpc) is 2.25. The summed E-state index contributed by atoms with van der Waals surface area (Å²) < 4.78 is 7.86. The third kappa shape index (κ3) is 3.12. The minimum absolute atomic E-state index is 0.624. The molecule has 0 saturated carbocycles. The molecule has 2 N–H and O–H groups in total. The van der Waals surface area contributed by atoms with E-state index in [-0.39, 0.29) is 0 Å². The van der Waals surface area contributed by atoms with Crippen LogP contribution >= 0.6 is 12.1 Å². The Balaban J connectivity index is 2.95. The second-order valence-corrected chi connectivity index (χ2v) is 3.86. The first-order valence-corrected chi connectivity index (χ1v) is 4.96. The smallest absolute Gasteiger partial charge is 0.225 e. The van der Waals surface area contributed by atoms with E-state index in [0.29, 0.717) is 17.8 Å². The standard InChI is InChI=1S/C9H13N3O2S/c1-11(10)15-12(7-13)8-5-3-4-6-9(8)14-2/h3-7H,10H2,1-2H3. The van der Waals surface area contributed by atoms with Crippen molar-refractivity contribution in [2.45, 2.75) is 0 Å². The number of methoxy groups -OCH3 is 1. The van der Waals surface area contributed by atoms with Crippen LogP contribution in [0.25, 0.3) is 0 Å². The van der Waals surface area contributed by atoms with Crippen molar-refractivity contribution >= 4 is 24.2 Å². The van der Waals surface area contributed by atoms with Gasteiger partial charge in [-0.3, -0.25) is 10.6 Å². The molecule has 0 fully saturated rings. The third-order valence-electron chi connectivity index (χ3n) is 1.64. The summed E-state index contributed by atoms with van der Waals surface area (Å²) in [5, 5.41) is 0. The molecular weight excluding hydrogens is 214 g/mol. The predicted molar refractivity (Wildman–Crippen MR) is 61.1 cm³/mol. The number of benzene rings is 1. The molecule has 1 aromatic carbocycles. The van der Waals surface area contributed by atoms with Gasteiger partial charge in [0.1, 0.15) is 5.75 Å². The molecule has 0 aliphatic carbocycles. The van der Waals surface area contributed by atoms with Crippen LogP contribution in [0.4, 0.5) is 5.69 Å². The molecular formula is C9H13N3O2S. The maximum absolute atomic E-state index is 10.9. The summed E-state index contributed by atoms with van der Waals surface area (Å²) in [5.74, 6) is 6.08. The lowest BCUT2D eigenvalue weighted by atomic mass is 10.3. The summed E-state index contributed by atoms with van der Waals surface area (Å²) in [4.78, 5) is 10.9. The van der Waals surface area contributed by atoms with Gasteiger partial charge in [0.25, 0.3) is 0 Å². The number of hydrogen-bond donors (Lipinski definition) is 1. The van der Waals surface area contributed by atoms with Crippen LogP contribution in [-0.2, 0) is 4.79 Å². The van der Waals surface area contributed by atoms with Crippen LogP contribution in [0.1, 0.15) is 0 Å². The number of anilines is 1. The second kappa shape index (κ2) is 5.59. The summed E-state index contributed by atoms with van der Waals surface area (Å²) >= 11 is 1.08. The van der Waals surface area contributed by atoms with Crippen molar-refractivity contribution in [2.24, 2.45) is 5.84 Å². The average molecular weight is 227 g/mol. The topological polar surface area (TPSA) is 58.8 Å². The van der Waals surface area contributed by atoms with Crippen LogP contribution in [0.3, 0.4) is 0 Å². The van der Waals surface area contributed by atoms with Crippen molar-refractivity contribution in [2.75, 3.05) is 18.5 Å². The molecule has 0 radical (unpaired) electrons. The van der Waals surface area contributed by atoms with Crippen LogP contribution in [-0.4, -0.2) is 25.0 Å². The predicted octanol–water partition coefficient (Wildman–Crippen LogP) is 1.03. The van der Waals surface area contributed by atoms with Crippen molar-refractivity contribution in [1.82, 2.24) is 4.41 Å². The van der Waals surface area contributed by atoms with Crippen LogP contribution in [0.15, 0.2) is 24.3 Å². The van der Waals surface area contributed by atoms with Crippen LogP contribution in [0.5, 0.6) is 5.75 Å². The SMILES string of the molecule is COc1ccccc1N(C=O)SN(C)N. The van der Waals surface area contributed by atoms with Gasteiger partial charge >= 0.3 is 0 Å². The van der Waals surface area contributed by atoms with Gasteiger partial charge in [-0.15, -0.1) is 0 Å². The maximum Gasteiger partial charge on any atom is 0.225 e. The fraction of sp³-hybridized carbons (Fsp3) is 0.222. The molecule has 0 saturated heterocycles. The zero-order valence-corrected chi connectivity index (χ0v) is 9.40. The molecule has 82 valence electrons. The molecule has 15 heavy (non-hydrogen) atoms. The van der Waals surface area contributed by atoms with E-state index in [4.69, 9.17) is 10.6 Å². The number of rotatable bonds is 5. The number of para-hydroxylation sites is 2. The highest BCUT2D eigenvalue weighted by molar-refractivity contribution is 7.98. The van der Waals surface area contributed by atoms with E-state index in [0.717, 1.165) is 12.1 Å². The van der Waals surface area contributed by atoms with Crippen molar-refractivity contribution in [1.29, 1.82) is 0 Å². The Morgan fingerprint density at radius 3 is 2.67 bits per heavy atom. The normalized spacial score (nSPS) is 10.1. The number of carbonyl (C=O) groups excluding carboxylic acids is 1. The summed E-state index contributed by atoms with van der Waals surface area (Å²) in [6.07, 6.45) is 0.686. The Labute approximate surface area is 93.0 Å². The first-order valence-electron chi connectivity index (χ1n) is 4.23. The number of carbonyl (C=O) groups is 1. The van der Waals surface area contributed by atoms with E-state index in [1.807, 2.05) is 12.1 Å². The van der Waals surface area contributed by atoms with Gasteiger partial charge in [0.15, 0.2) is 0 Å². The molecule has 0 bridgehead atoms. The number of nitrogens with zero attached hydrogens (tertiary/aromatic N) is 2. The van der Waals surface area contributed by atoms with E-state index < -0.39 is 0 Å². The van der Waals surface area contributed by atoms with E-state index in [9.17, 15) is 4.79 Å². The summed E-state index contributed by atoms with van der Waals surface area (Å²) in [6.45, 7) is 0. The monoisotopic (exact) mass is 227 g/mol. The Bertz CT molecular complexity index is 333. The van der Waals surface area contributed by atoms with Crippen LogP contribution in [0.2, 0.25) is 0 Å². The number of hydrogen-bond acceptors (Lipinski definition) is 5. The first-order chi connectivity index (χ1) is 7.19. The van der Waals surface area contributed by atoms with Crippen molar-refractivity contribution in [3.8, 4) is 5.75 Å². The molecule has 6 heteroatoms. The Hall–Kier alpha value is -1.24. The van der Waals surface area contributed by atoms with Gasteiger partial charge in [-0.05, 0) is 12.1 Å². The number of hydrazine groups is 1. The highest BCUT2D eigenvalue weighted by Gasteiger charge is 2.12. The molecule has 1 aromatic rings. The quantitative estimate of drug-likeness (QED) is 0.352. The zero-order chi connectivity index (χ0) is 11.3. The van der Waals surface area contributed by atoms with Crippen LogP contribution < -0.4 is 14.9 Å². The van der Waals surface area contributed by atoms with E-state index in [2.05, 4.69) is 0 Å². The first kappa shape index (κ1) is 11.8. The van der Waals surface area contributed by atoms with Gasteiger partial charge < -0.3 is 4.74 Å². The number of amides is 1. The zero-order valence-electron chi connectivity index (χ0n) is 8.58. The highest BCUT2D eigenvalue weighted by atomic mass is 32.2. The molecule has 1 amide bonds. The third-order valence-corrected chi connectivity index (χ3v) is 2.35. The molecule has 1 rings (SSSR count). The second-order valence-electron chi connectivity index (χ2n) is 2.73. The largest absolute Gasteiger partial charge is 0.495 e. The highest BCUT2D eigenvalue weighted by Crippen LogP contribution is 2.30. The molecule has 0 unspecified atom stereocenters. The van der Waals surface area contributed by atoms with Gasteiger partial charge in [0, 0.05) is 7.05 Å². The minimum Gasteiger partial charge on any atom is -0.495 e. The number of ether oxygens (including phenoxy) is 1. The van der Waals surface area contributed by atoms with Crippen LogP contribution in [0, 0.1) is 0 Å². The lowest BCUT2D eigenvalue weighted by Crippen LogP contribution is -2.26. The summed E-state index contributed by atoms with van der Waals surface area (Å²) in [7, 11) is 3.20. The van der Waals surface area contributed by atoms with E-state index >= 15 is 0 Å². The number of nitrogens with two attached hydrogens (primary N) is 1. The fourth-order valence-electron chi connectivity index (χ4n) is 1.07. The van der Waals surface area contributed by atoms with Crippen molar-refractivity contribution in [3.05, 3.63) is 24.3 Å². The summed E-state index contributed by atoms with van der Waals surface area (Å²) in [6, 6.07) is 7.22. The van der Waals surface area contributed by atoms with Gasteiger partial charge in [-0.1, -0.05) is 12.1 Å². The summed E-state index contributed by atoms with van der Waals surface area (Å²) in [5.41, 5.74) is 0.664. The van der Waals surface area contributed by atoms with Gasteiger partial charge in [0.05, 0.1) is 24.9 Å². The lowest BCUT2D eigenvalue weighted by molar-refractivity contribution is -0.106. The van der Waals surface area contributed by atoms with Crippen molar-refractivity contribution in [3.63, 3.8) is 0 Å². The fourth-order valence-corrected chi connectivity index (χ4v) is 1.63. The molecule has 0 heterocycles. The minimum atomic E-state index is 0.624. The molecule has 0 aliphatic rings. The van der Waals surface area contributed by atoms with Crippen molar-refractivity contribution < 1.29 is 9.53 Å². The molecule has 5 nitrogen and oxygen atoms in total. The molecule has 0 spiro atoms. The van der Waals surface area contributed by atoms with Gasteiger partial charge in [0.2, 0.25) is 6.41 Å². The molecule has 0 atom stereocenters. The van der Waals surface area contributed by atoms with Gasteiger partial charge in [-0.25, -0.2) is 4.31 Å². The lowest BCUT2D eigenvalue weighted by Gasteiger charge is -2.20. The Kier molecular flexibility index (Phi) is 4.41. The Morgan fingerprint density at radius 2 is 2.13 bits per heavy atom. The maximum atomic E-state index is 10.9. The van der Waals surface area contributed by atoms with E-state index in [1.165, 1.54) is 8.72 Å². The molecule has 0 aromatic heterocycles. The Morgan fingerprint density at radius 1 is 1.47 bits per heavy atom. The van der Waals surface area contributed by atoms with Gasteiger partial charge in [-0.2, -0.15) is 4.41 Å².